The predicted octanol–water partition coefficient (Wildman–Crippen LogP) is 2.74. The van der Waals surface area contributed by atoms with Crippen molar-refractivity contribution in [2.45, 2.75) is 11.3 Å². The molecule has 0 unspecified atom stereocenters. The first-order valence-corrected chi connectivity index (χ1v) is 11.4. The Morgan fingerprint density at radius 2 is 1.66 bits per heavy atom. The van der Waals surface area contributed by atoms with Gasteiger partial charge in [0, 0.05) is 44.3 Å². The molecule has 0 N–H and O–H groups in total. The Morgan fingerprint density at radius 1 is 0.897 bits per heavy atom. The Hall–Kier alpha value is -2.64. The van der Waals surface area contributed by atoms with Crippen LogP contribution < -0.4 is 9.21 Å². The number of nitrogens with zero attached hydrogens (tertiary/aromatic N) is 4. The lowest BCUT2D eigenvalue weighted by atomic mass is 10.1. The van der Waals surface area contributed by atoms with Gasteiger partial charge in [0.1, 0.15) is 4.90 Å². The molecule has 0 atom stereocenters. The second-order valence-corrected chi connectivity index (χ2v) is 9.63. The summed E-state index contributed by atoms with van der Waals surface area (Å²) in [6.07, 6.45) is 2.25. The second-order valence-electron chi connectivity index (χ2n) is 7.77. The van der Waals surface area contributed by atoms with E-state index < -0.39 is 10.0 Å². The van der Waals surface area contributed by atoms with Gasteiger partial charge >= 0.3 is 0 Å². The third kappa shape index (κ3) is 3.14. The fourth-order valence-corrected chi connectivity index (χ4v) is 5.74. The number of aromatic nitrogens is 1. The van der Waals surface area contributed by atoms with Crippen molar-refractivity contribution in [3.8, 4) is 0 Å². The number of fused-ring (bicyclic) bond motifs is 2. The van der Waals surface area contributed by atoms with Gasteiger partial charge < -0.3 is 9.80 Å². The van der Waals surface area contributed by atoms with E-state index in [0.29, 0.717) is 6.54 Å². The minimum absolute atomic E-state index is 0.247. The fourth-order valence-electron chi connectivity index (χ4n) is 4.25. The van der Waals surface area contributed by atoms with E-state index in [0.717, 1.165) is 60.4 Å². The van der Waals surface area contributed by atoms with Crippen LogP contribution in [0.2, 0.25) is 0 Å². The molecule has 0 amide bonds. The zero-order chi connectivity index (χ0) is 20.0. The van der Waals surface area contributed by atoms with Gasteiger partial charge in [-0.1, -0.05) is 30.3 Å². The summed E-state index contributed by atoms with van der Waals surface area (Å²) in [5.41, 5.74) is 3.78. The predicted molar refractivity (Wildman–Crippen MR) is 116 cm³/mol. The number of piperazine rings is 1. The molecule has 1 saturated heterocycles. The molecular weight excluding hydrogens is 384 g/mol. The van der Waals surface area contributed by atoms with Crippen LogP contribution in [-0.2, 0) is 16.4 Å². The van der Waals surface area contributed by atoms with Crippen molar-refractivity contribution in [1.82, 2.24) is 9.88 Å². The molecule has 1 aromatic heterocycles. The lowest BCUT2D eigenvalue weighted by Crippen LogP contribution is -2.44. The summed E-state index contributed by atoms with van der Waals surface area (Å²) in [5.74, 6) is 0. The summed E-state index contributed by atoms with van der Waals surface area (Å²) in [6.45, 7) is 4.39. The molecule has 0 aliphatic carbocycles. The van der Waals surface area contributed by atoms with Crippen LogP contribution in [0.25, 0.3) is 10.9 Å². The van der Waals surface area contributed by atoms with E-state index in [1.807, 2.05) is 36.4 Å². The number of sulfonamides is 1. The number of anilines is 2. The van der Waals surface area contributed by atoms with Crippen molar-refractivity contribution in [3.05, 3.63) is 60.3 Å². The molecule has 0 spiro atoms. The van der Waals surface area contributed by atoms with Crippen LogP contribution in [0, 0.1) is 0 Å². The summed E-state index contributed by atoms with van der Waals surface area (Å²) >= 11 is 0. The van der Waals surface area contributed by atoms with Gasteiger partial charge in [0.2, 0.25) is 0 Å². The summed E-state index contributed by atoms with van der Waals surface area (Å²) in [5, 5.41) is 0.856. The maximum Gasteiger partial charge on any atom is 0.265 e. The molecule has 29 heavy (non-hydrogen) atoms. The highest BCUT2D eigenvalue weighted by Gasteiger charge is 2.31. The van der Waals surface area contributed by atoms with Crippen LogP contribution >= 0.6 is 0 Å². The molecule has 1 fully saturated rings. The van der Waals surface area contributed by atoms with Crippen LogP contribution in [0.15, 0.2) is 59.6 Å². The fraction of sp³-hybridized carbons (Fsp3) is 0.318. The van der Waals surface area contributed by atoms with Crippen LogP contribution in [0.1, 0.15) is 5.56 Å². The van der Waals surface area contributed by atoms with Crippen molar-refractivity contribution in [2.75, 3.05) is 49.0 Å². The summed E-state index contributed by atoms with van der Waals surface area (Å²) in [6, 6.07) is 15.5. The van der Waals surface area contributed by atoms with Crippen molar-refractivity contribution < 1.29 is 8.42 Å². The van der Waals surface area contributed by atoms with E-state index in [2.05, 4.69) is 27.9 Å². The van der Waals surface area contributed by atoms with E-state index in [-0.39, 0.29) is 4.90 Å². The zero-order valence-electron chi connectivity index (χ0n) is 16.5. The smallest absolute Gasteiger partial charge is 0.265 e. The van der Waals surface area contributed by atoms with Crippen molar-refractivity contribution in [2.24, 2.45) is 0 Å². The van der Waals surface area contributed by atoms with Crippen LogP contribution in [0.4, 0.5) is 11.4 Å². The monoisotopic (exact) mass is 408 g/mol. The standard InChI is InChI=1S/C22H24N4O2S/c1-24-11-13-25(14-12-24)21-8-4-6-18-15-19(16-23-22(18)21)29(27,28)26-10-9-17-5-2-3-7-20(17)26/h2-8,15-16H,9-14H2,1H3. The first-order valence-electron chi connectivity index (χ1n) is 9.97. The maximum absolute atomic E-state index is 13.3. The van der Waals surface area contributed by atoms with Gasteiger partial charge in [-0.3, -0.25) is 9.29 Å². The molecule has 0 saturated carbocycles. The maximum atomic E-state index is 13.3. The van der Waals surface area contributed by atoms with Crippen LogP contribution in [-0.4, -0.2) is 58.1 Å². The zero-order valence-corrected chi connectivity index (χ0v) is 17.3. The first-order chi connectivity index (χ1) is 14.0. The topological polar surface area (TPSA) is 56.8 Å². The number of hydrogen-bond acceptors (Lipinski definition) is 5. The Kier molecular flexibility index (Phi) is 4.44. The van der Waals surface area contributed by atoms with Gasteiger partial charge in [0.25, 0.3) is 10.0 Å². The number of pyridine rings is 1. The molecule has 3 heterocycles. The van der Waals surface area contributed by atoms with Crippen LogP contribution in [0.5, 0.6) is 0 Å². The molecule has 5 rings (SSSR count). The summed E-state index contributed by atoms with van der Waals surface area (Å²) < 4.78 is 28.2. The second kappa shape index (κ2) is 7.00. The minimum atomic E-state index is -3.64. The lowest BCUT2D eigenvalue weighted by molar-refractivity contribution is 0.313. The molecule has 0 bridgehead atoms. The SMILES string of the molecule is CN1CCN(c2cccc3cc(S(=O)(=O)N4CCc5ccccc54)cnc23)CC1. The van der Waals surface area contributed by atoms with Gasteiger partial charge in [-0.2, -0.15) is 0 Å². The first kappa shape index (κ1) is 18.4. The van der Waals surface area contributed by atoms with Crippen molar-refractivity contribution in [1.29, 1.82) is 0 Å². The molecule has 2 aliphatic rings. The Bertz CT molecular complexity index is 1170. The van der Waals surface area contributed by atoms with Gasteiger partial charge in [-0.15, -0.1) is 0 Å². The number of likely N-dealkylation sites (N-methyl/N-ethyl adjacent to an activating group) is 1. The van der Waals surface area contributed by atoms with Gasteiger partial charge in [0.15, 0.2) is 0 Å². The van der Waals surface area contributed by atoms with Gasteiger partial charge in [-0.05, 0) is 37.2 Å². The number of benzene rings is 2. The Balaban J connectivity index is 1.52. The summed E-state index contributed by atoms with van der Waals surface area (Å²) in [4.78, 5) is 9.50. The van der Waals surface area contributed by atoms with E-state index in [1.54, 1.807) is 6.07 Å². The number of para-hydroxylation sites is 2. The highest BCUT2D eigenvalue weighted by Crippen LogP contribution is 2.34. The molecule has 7 heteroatoms. The third-order valence-corrected chi connectivity index (χ3v) is 7.72. The van der Waals surface area contributed by atoms with Gasteiger partial charge in [-0.25, -0.2) is 8.42 Å². The van der Waals surface area contributed by atoms with E-state index in [9.17, 15) is 8.42 Å². The Labute approximate surface area is 171 Å². The van der Waals surface area contributed by atoms with E-state index in [4.69, 9.17) is 0 Å². The lowest BCUT2D eigenvalue weighted by Gasteiger charge is -2.34. The molecule has 6 nitrogen and oxygen atoms in total. The molecule has 2 aromatic carbocycles. The average molecular weight is 409 g/mol. The van der Waals surface area contributed by atoms with Crippen molar-refractivity contribution in [3.63, 3.8) is 0 Å². The highest BCUT2D eigenvalue weighted by molar-refractivity contribution is 7.92. The van der Waals surface area contributed by atoms with E-state index in [1.165, 1.54) is 10.5 Å². The van der Waals surface area contributed by atoms with Crippen molar-refractivity contribution >= 4 is 32.3 Å². The molecule has 0 radical (unpaired) electrons. The summed E-state index contributed by atoms with van der Waals surface area (Å²) in [7, 11) is -1.51. The quantitative estimate of drug-likeness (QED) is 0.667. The highest BCUT2D eigenvalue weighted by atomic mass is 32.2. The Morgan fingerprint density at radius 3 is 2.48 bits per heavy atom. The molecule has 2 aliphatic heterocycles. The molecular formula is C22H24N4O2S. The molecule has 150 valence electrons. The largest absolute Gasteiger partial charge is 0.367 e. The molecule has 3 aromatic rings. The van der Waals surface area contributed by atoms with Crippen LogP contribution in [0.3, 0.4) is 0 Å². The minimum Gasteiger partial charge on any atom is -0.367 e. The normalized spacial score (nSPS) is 17.7. The number of rotatable bonds is 3. The third-order valence-electron chi connectivity index (χ3n) is 5.94. The van der Waals surface area contributed by atoms with E-state index >= 15 is 0 Å². The number of hydrogen-bond donors (Lipinski definition) is 0. The van der Waals surface area contributed by atoms with Gasteiger partial charge in [0.05, 0.1) is 16.9 Å². The average Bonchev–Trinajstić information content (AvgIpc) is 3.18.